The van der Waals surface area contributed by atoms with Crippen molar-refractivity contribution in [2.24, 2.45) is 0 Å². The van der Waals surface area contributed by atoms with Gasteiger partial charge in [0.1, 0.15) is 11.8 Å². The molecule has 0 fully saturated rings. The van der Waals surface area contributed by atoms with Gasteiger partial charge in [-0.25, -0.2) is 9.67 Å². The van der Waals surface area contributed by atoms with Crippen LogP contribution >= 0.6 is 0 Å². The van der Waals surface area contributed by atoms with Crippen LogP contribution in [0.2, 0.25) is 0 Å². The van der Waals surface area contributed by atoms with Crippen molar-refractivity contribution >= 4 is 0 Å². The van der Waals surface area contributed by atoms with Crippen molar-refractivity contribution in [1.82, 2.24) is 14.8 Å². The standard InChI is InChI=1S/C15H10N4/c16-9-14-8-15(6-7-17-14)19-11-13(10-18-19)12-4-2-1-3-5-12/h1-8,10-11H. The third-order valence-corrected chi connectivity index (χ3v) is 2.81. The maximum Gasteiger partial charge on any atom is 0.142 e. The summed E-state index contributed by atoms with van der Waals surface area (Å²) in [6.45, 7) is 0. The highest BCUT2D eigenvalue weighted by Crippen LogP contribution is 2.19. The maximum absolute atomic E-state index is 8.85. The largest absolute Gasteiger partial charge is 0.245 e. The lowest BCUT2D eigenvalue weighted by atomic mass is 10.1. The molecule has 2 heterocycles. The molecule has 0 aliphatic rings. The normalized spacial score (nSPS) is 10.1. The van der Waals surface area contributed by atoms with Crippen LogP contribution in [0.15, 0.2) is 61.1 Å². The zero-order chi connectivity index (χ0) is 13.1. The van der Waals surface area contributed by atoms with Crippen LogP contribution in [-0.2, 0) is 0 Å². The zero-order valence-electron chi connectivity index (χ0n) is 10.1. The van der Waals surface area contributed by atoms with E-state index in [2.05, 4.69) is 10.1 Å². The summed E-state index contributed by atoms with van der Waals surface area (Å²) in [4.78, 5) is 3.95. The average molecular weight is 246 g/mol. The molecule has 3 aromatic rings. The summed E-state index contributed by atoms with van der Waals surface area (Å²) in [5.74, 6) is 0. The Morgan fingerprint density at radius 1 is 1.05 bits per heavy atom. The Kier molecular flexibility index (Phi) is 2.79. The van der Waals surface area contributed by atoms with E-state index in [1.54, 1.807) is 16.9 Å². The number of aromatic nitrogens is 3. The number of nitriles is 1. The zero-order valence-corrected chi connectivity index (χ0v) is 10.1. The molecular weight excluding hydrogens is 236 g/mol. The number of nitrogens with zero attached hydrogens (tertiary/aromatic N) is 4. The smallest absolute Gasteiger partial charge is 0.142 e. The second kappa shape index (κ2) is 4.75. The van der Waals surface area contributed by atoms with Gasteiger partial charge < -0.3 is 0 Å². The fraction of sp³-hybridized carbons (Fsp3) is 0. The topological polar surface area (TPSA) is 54.5 Å². The molecule has 0 atom stereocenters. The van der Waals surface area contributed by atoms with Crippen molar-refractivity contribution in [3.8, 4) is 22.9 Å². The lowest BCUT2D eigenvalue weighted by Gasteiger charge is -2.00. The third kappa shape index (κ3) is 2.22. The lowest BCUT2D eigenvalue weighted by Crippen LogP contribution is -1.95. The highest BCUT2D eigenvalue weighted by atomic mass is 15.3. The first-order chi connectivity index (χ1) is 9.36. The van der Waals surface area contributed by atoms with Gasteiger partial charge in [-0.2, -0.15) is 10.4 Å². The van der Waals surface area contributed by atoms with Crippen molar-refractivity contribution in [3.05, 3.63) is 66.7 Å². The Balaban J connectivity index is 2.00. The van der Waals surface area contributed by atoms with Gasteiger partial charge in [0.25, 0.3) is 0 Å². The number of pyridine rings is 1. The Hall–Kier alpha value is -2.93. The van der Waals surface area contributed by atoms with Crippen LogP contribution in [0.3, 0.4) is 0 Å². The summed E-state index contributed by atoms with van der Waals surface area (Å²) in [5, 5.41) is 13.2. The summed E-state index contributed by atoms with van der Waals surface area (Å²) in [6.07, 6.45) is 5.35. The van der Waals surface area contributed by atoms with E-state index >= 15 is 0 Å². The molecule has 19 heavy (non-hydrogen) atoms. The minimum Gasteiger partial charge on any atom is -0.245 e. The van der Waals surface area contributed by atoms with Crippen molar-refractivity contribution in [3.63, 3.8) is 0 Å². The van der Waals surface area contributed by atoms with E-state index in [1.165, 1.54) is 0 Å². The maximum atomic E-state index is 8.85. The van der Waals surface area contributed by atoms with Gasteiger partial charge in [0.2, 0.25) is 0 Å². The highest BCUT2D eigenvalue weighted by molar-refractivity contribution is 5.62. The van der Waals surface area contributed by atoms with Crippen LogP contribution in [0, 0.1) is 11.3 Å². The molecule has 0 saturated heterocycles. The molecule has 0 unspecified atom stereocenters. The monoisotopic (exact) mass is 246 g/mol. The van der Waals surface area contributed by atoms with Crippen LogP contribution in [0.4, 0.5) is 0 Å². The first-order valence-corrected chi connectivity index (χ1v) is 5.83. The van der Waals surface area contributed by atoms with Crippen LogP contribution in [0.25, 0.3) is 16.8 Å². The van der Waals surface area contributed by atoms with Gasteiger partial charge >= 0.3 is 0 Å². The predicted octanol–water partition coefficient (Wildman–Crippen LogP) is 2.81. The van der Waals surface area contributed by atoms with Gasteiger partial charge in [0, 0.05) is 24.0 Å². The molecule has 3 rings (SSSR count). The molecule has 0 N–H and O–H groups in total. The molecule has 0 spiro atoms. The van der Waals surface area contributed by atoms with Crippen LogP contribution < -0.4 is 0 Å². The van der Waals surface area contributed by atoms with Gasteiger partial charge in [0.15, 0.2) is 0 Å². The van der Waals surface area contributed by atoms with Gasteiger partial charge in [-0.3, -0.25) is 0 Å². The minimum atomic E-state index is 0.384. The van der Waals surface area contributed by atoms with E-state index in [1.807, 2.05) is 54.9 Å². The fourth-order valence-corrected chi connectivity index (χ4v) is 1.87. The number of hydrogen-bond acceptors (Lipinski definition) is 3. The Morgan fingerprint density at radius 2 is 1.89 bits per heavy atom. The van der Waals surface area contributed by atoms with E-state index < -0.39 is 0 Å². The molecule has 90 valence electrons. The Morgan fingerprint density at radius 3 is 2.68 bits per heavy atom. The van der Waals surface area contributed by atoms with Gasteiger partial charge in [-0.15, -0.1) is 0 Å². The molecule has 1 aromatic carbocycles. The summed E-state index contributed by atoms with van der Waals surface area (Å²) >= 11 is 0. The summed E-state index contributed by atoms with van der Waals surface area (Å²) in [6, 6.07) is 15.6. The van der Waals surface area contributed by atoms with Crippen LogP contribution in [0.5, 0.6) is 0 Å². The molecule has 0 saturated carbocycles. The second-order valence-electron chi connectivity index (χ2n) is 4.05. The molecule has 4 heteroatoms. The van der Waals surface area contributed by atoms with Crippen molar-refractivity contribution < 1.29 is 0 Å². The lowest BCUT2D eigenvalue weighted by molar-refractivity contribution is 0.876. The molecule has 2 aromatic heterocycles. The second-order valence-corrected chi connectivity index (χ2v) is 4.05. The van der Waals surface area contributed by atoms with Crippen molar-refractivity contribution in [2.45, 2.75) is 0 Å². The van der Waals surface area contributed by atoms with Gasteiger partial charge in [0.05, 0.1) is 11.9 Å². The number of benzene rings is 1. The van der Waals surface area contributed by atoms with Crippen molar-refractivity contribution in [2.75, 3.05) is 0 Å². The third-order valence-electron chi connectivity index (χ3n) is 2.81. The van der Waals surface area contributed by atoms with Gasteiger partial charge in [-0.1, -0.05) is 30.3 Å². The first kappa shape index (κ1) is 11.2. The molecule has 0 bridgehead atoms. The van der Waals surface area contributed by atoms with Crippen LogP contribution in [-0.4, -0.2) is 14.8 Å². The molecule has 4 nitrogen and oxygen atoms in total. The summed E-state index contributed by atoms with van der Waals surface area (Å²) in [5.41, 5.74) is 3.36. The van der Waals surface area contributed by atoms with E-state index in [9.17, 15) is 0 Å². The Labute approximate surface area is 110 Å². The average Bonchev–Trinajstić information content (AvgIpc) is 2.98. The summed E-state index contributed by atoms with van der Waals surface area (Å²) in [7, 11) is 0. The molecule has 0 amide bonds. The number of hydrogen-bond donors (Lipinski definition) is 0. The molecule has 0 radical (unpaired) electrons. The highest BCUT2D eigenvalue weighted by Gasteiger charge is 2.03. The predicted molar refractivity (Wildman–Crippen MR) is 71.5 cm³/mol. The van der Waals surface area contributed by atoms with E-state index in [0.29, 0.717) is 5.69 Å². The molecule has 0 aliphatic carbocycles. The van der Waals surface area contributed by atoms with E-state index in [0.717, 1.165) is 16.8 Å². The van der Waals surface area contributed by atoms with Gasteiger partial charge in [-0.05, 0) is 11.6 Å². The van der Waals surface area contributed by atoms with E-state index in [4.69, 9.17) is 5.26 Å². The summed E-state index contributed by atoms with van der Waals surface area (Å²) < 4.78 is 1.74. The molecular formula is C15H10N4. The molecule has 0 aliphatic heterocycles. The number of rotatable bonds is 2. The van der Waals surface area contributed by atoms with Crippen molar-refractivity contribution in [1.29, 1.82) is 5.26 Å². The SMILES string of the molecule is N#Cc1cc(-n2cc(-c3ccccc3)cn2)ccn1. The van der Waals surface area contributed by atoms with Crippen LogP contribution in [0.1, 0.15) is 5.69 Å². The Bertz CT molecular complexity index is 738. The first-order valence-electron chi connectivity index (χ1n) is 5.83. The fourth-order valence-electron chi connectivity index (χ4n) is 1.87. The minimum absolute atomic E-state index is 0.384. The van der Waals surface area contributed by atoms with E-state index in [-0.39, 0.29) is 0 Å². The quantitative estimate of drug-likeness (QED) is 0.698.